The van der Waals surface area contributed by atoms with E-state index >= 15 is 0 Å². The molecule has 0 spiro atoms. The third-order valence-corrected chi connectivity index (χ3v) is 5.96. The molecule has 0 aliphatic heterocycles. The first kappa shape index (κ1) is 19.4. The maximum atomic E-state index is 12.6. The lowest BCUT2D eigenvalue weighted by atomic mass is 10.1. The summed E-state index contributed by atoms with van der Waals surface area (Å²) in [4.78, 5) is 15.8. The van der Waals surface area contributed by atoms with Gasteiger partial charge in [-0.25, -0.2) is 0 Å². The van der Waals surface area contributed by atoms with E-state index in [1.807, 2.05) is 11.8 Å². The minimum absolute atomic E-state index is 0.152. The third-order valence-electron chi connectivity index (χ3n) is 4.75. The maximum absolute atomic E-state index is 12.6. The number of thiophene rings is 1. The Kier molecular flexibility index (Phi) is 5.74. The monoisotopic (exact) mass is 411 g/mol. The summed E-state index contributed by atoms with van der Waals surface area (Å²) >= 11 is 1.52. The molecule has 150 valence electrons. The average molecular weight is 411 g/mol. The van der Waals surface area contributed by atoms with Crippen molar-refractivity contribution in [2.75, 3.05) is 18.4 Å². The average Bonchev–Trinajstić information content (AvgIpc) is 3.46. The molecule has 4 rings (SSSR count). The summed E-state index contributed by atoms with van der Waals surface area (Å²) in [5.74, 6) is 1.10. The normalized spacial score (nSPS) is 12.9. The van der Waals surface area contributed by atoms with Crippen LogP contribution >= 0.6 is 11.3 Å². The van der Waals surface area contributed by atoms with Crippen molar-refractivity contribution < 1.29 is 13.6 Å². The van der Waals surface area contributed by atoms with Crippen LogP contribution in [-0.4, -0.2) is 34.1 Å². The Balaban J connectivity index is 1.41. The number of furan rings is 1. The predicted molar refractivity (Wildman–Crippen MR) is 107 cm³/mol. The van der Waals surface area contributed by atoms with Gasteiger partial charge in [-0.05, 0) is 49.9 Å². The zero-order chi connectivity index (χ0) is 20.2. The lowest BCUT2D eigenvalue weighted by Crippen LogP contribution is -2.33. The molecule has 0 fully saturated rings. The van der Waals surface area contributed by atoms with Gasteiger partial charge in [-0.15, -0.1) is 21.5 Å². The molecule has 9 heteroatoms. The number of rotatable bonds is 8. The molecule has 3 aromatic rings. The van der Waals surface area contributed by atoms with Crippen LogP contribution in [0.4, 0.5) is 5.00 Å². The van der Waals surface area contributed by atoms with E-state index in [9.17, 15) is 10.1 Å². The number of nitrogens with one attached hydrogen (secondary N) is 1. The van der Waals surface area contributed by atoms with Gasteiger partial charge in [-0.3, -0.25) is 9.69 Å². The van der Waals surface area contributed by atoms with E-state index < -0.39 is 0 Å². The summed E-state index contributed by atoms with van der Waals surface area (Å²) in [6.45, 7) is 3.29. The van der Waals surface area contributed by atoms with Gasteiger partial charge in [0.15, 0.2) is 5.76 Å². The molecule has 1 aliphatic carbocycles. The van der Waals surface area contributed by atoms with Gasteiger partial charge in [0, 0.05) is 4.88 Å². The van der Waals surface area contributed by atoms with Crippen molar-refractivity contribution in [3.63, 3.8) is 0 Å². The zero-order valence-corrected chi connectivity index (χ0v) is 16.9. The minimum atomic E-state index is -0.152. The largest absolute Gasteiger partial charge is 0.459 e. The topological polar surface area (TPSA) is 108 Å². The fourth-order valence-electron chi connectivity index (χ4n) is 3.52. The summed E-state index contributed by atoms with van der Waals surface area (Å²) < 4.78 is 10.9. The van der Waals surface area contributed by atoms with Gasteiger partial charge in [0.05, 0.1) is 24.9 Å². The highest BCUT2D eigenvalue weighted by Gasteiger charge is 2.24. The molecule has 1 aliphatic rings. The second-order valence-electron chi connectivity index (χ2n) is 6.91. The number of aryl methyl sites for hydroxylation is 1. The Morgan fingerprint density at radius 3 is 3.07 bits per heavy atom. The molecule has 3 aromatic heterocycles. The van der Waals surface area contributed by atoms with Crippen LogP contribution in [0.3, 0.4) is 0 Å². The van der Waals surface area contributed by atoms with E-state index in [0.717, 1.165) is 31.2 Å². The van der Waals surface area contributed by atoms with Crippen molar-refractivity contribution in [2.45, 2.75) is 39.2 Å². The molecular formula is C20H21N5O3S. The Labute approximate surface area is 172 Å². The molecule has 1 amide bonds. The second-order valence-corrected chi connectivity index (χ2v) is 8.02. The van der Waals surface area contributed by atoms with Crippen molar-refractivity contribution in [1.82, 2.24) is 15.1 Å². The number of carbonyl (C=O) groups excluding carboxylic acids is 1. The molecule has 29 heavy (non-hydrogen) atoms. The van der Waals surface area contributed by atoms with Gasteiger partial charge in [0.2, 0.25) is 11.8 Å². The third kappa shape index (κ3) is 4.23. The van der Waals surface area contributed by atoms with Gasteiger partial charge in [-0.2, -0.15) is 5.26 Å². The first-order chi connectivity index (χ1) is 14.2. The van der Waals surface area contributed by atoms with Crippen LogP contribution in [-0.2, 0) is 24.2 Å². The molecular weight excluding hydrogens is 390 g/mol. The van der Waals surface area contributed by atoms with Crippen LogP contribution in [0.5, 0.6) is 0 Å². The first-order valence-corrected chi connectivity index (χ1v) is 10.4. The summed E-state index contributed by atoms with van der Waals surface area (Å²) in [6, 6.07) is 5.76. The van der Waals surface area contributed by atoms with Gasteiger partial charge in [0.1, 0.15) is 11.1 Å². The smallest absolute Gasteiger partial charge is 0.283 e. The summed E-state index contributed by atoms with van der Waals surface area (Å²) in [5, 5.41) is 21.1. The van der Waals surface area contributed by atoms with Crippen molar-refractivity contribution in [3.8, 4) is 17.7 Å². The summed E-state index contributed by atoms with van der Waals surface area (Å²) in [5.41, 5.74) is 1.73. The first-order valence-electron chi connectivity index (χ1n) is 9.61. The van der Waals surface area contributed by atoms with Crippen LogP contribution in [0.15, 0.2) is 27.2 Å². The van der Waals surface area contributed by atoms with E-state index in [1.165, 1.54) is 16.2 Å². The van der Waals surface area contributed by atoms with Gasteiger partial charge >= 0.3 is 0 Å². The number of anilines is 1. The molecule has 0 atom stereocenters. The zero-order valence-electron chi connectivity index (χ0n) is 16.1. The Morgan fingerprint density at radius 1 is 1.41 bits per heavy atom. The Hall–Kier alpha value is -2.96. The number of hydrogen-bond donors (Lipinski definition) is 1. The van der Waals surface area contributed by atoms with Crippen molar-refractivity contribution in [3.05, 3.63) is 40.3 Å². The number of amides is 1. The molecule has 0 aromatic carbocycles. The SMILES string of the molecule is CCCN(CC(=O)Nc1sc2c(c1C#N)CCC2)Cc1nnc(-c2ccco2)o1. The molecule has 8 nitrogen and oxygen atoms in total. The van der Waals surface area contributed by atoms with Crippen molar-refractivity contribution in [1.29, 1.82) is 5.26 Å². The van der Waals surface area contributed by atoms with E-state index in [0.29, 0.717) is 41.2 Å². The number of aromatic nitrogens is 2. The number of nitrogens with zero attached hydrogens (tertiary/aromatic N) is 4. The van der Waals surface area contributed by atoms with Crippen molar-refractivity contribution >= 4 is 22.2 Å². The van der Waals surface area contributed by atoms with Gasteiger partial charge in [0.25, 0.3) is 5.89 Å². The number of nitriles is 1. The van der Waals surface area contributed by atoms with Crippen molar-refractivity contribution in [2.24, 2.45) is 0 Å². The van der Waals surface area contributed by atoms with Gasteiger partial charge < -0.3 is 14.2 Å². The molecule has 0 saturated carbocycles. The molecule has 1 N–H and O–H groups in total. The lowest BCUT2D eigenvalue weighted by Gasteiger charge is -2.18. The van der Waals surface area contributed by atoms with Crippen LogP contribution in [0.2, 0.25) is 0 Å². The number of carbonyl (C=O) groups is 1. The fourth-order valence-corrected chi connectivity index (χ4v) is 4.77. The molecule has 0 unspecified atom stereocenters. The molecule has 0 radical (unpaired) electrons. The van der Waals surface area contributed by atoms with E-state index in [4.69, 9.17) is 8.83 Å². The molecule has 3 heterocycles. The highest BCUT2D eigenvalue weighted by atomic mass is 32.1. The lowest BCUT2D eigenvalue weighted by molar-refractivity contribution is -0.117. The van der Waals surface area contributed by atoms with E-state index in [2.05, 4.69) is 21.6 Å². The Morgan fingerprint density at radius 2 is 2.31 bits per heavy atom. The van der Waals surface area contributed by atoms with Gasteiger partial charge in [-0.1, -0.05) is 6.92 Å². The Bertz CT molecular complexity index is 1030. The maximum Gasteiger partial charge on any atom is 0.283 e. The highest BCUT2D eigenvalue weighted by Crippen LogP contribution is 2.38. The van der Waals surface area contributed by atoms with Crippen LogP contribution in [0, 0.1) is 11.3 Å². The van der Waals surface area contributed by atoms with Crippen LogP contribution < -0.4 is 5.32 Å². The van der Waals surface area contributed by atoms with Crippen LogP contribution in [0.1, 0.15) is 41.7 Å². The molecule has 0 bridgehead atoms. The summed E-state index contributed by atoms with van der Waals surface area (Å²) in [7, 11) is 0. The number of hydrogen-bond acceptors (Lipinski definition) is 8. The predicted octanol–water partition coefficient (Wildman–Crippen LogP) is 3.60. The fraction of sp³-hybridized carbons (Fsp3) is 0.400. The van der Waals surface area contributed by atoms with E-state index in [1.54, 1.807) is 18.4 Å². The minimum Gasteiger partial charge on any atom is -0.459 e. The van der Waals surface area contributed by atoms with Crippen LogP contribution in [0.25, 0.3) is 11.7 Å². The quantitative estimate of drug-likeness (QED) is 0.603. The molecule has 0 saturated heterocycles. The summed E-state index contributed by atoms with van der Waals surface area (Å²) in [6.07, 6.45) is 5.41. The standard InChI is InChI=1S/C20H21N5O3S/c1-2-8-25(12-18-23-24-19(28-18)15-6-4-9-27-15)11-17(26)22-20-14(10-21)13-5-3-7-16(13)29-20/h4,6,9H,2-3,5,7-8,11-12H2,1H3,(H,22,26). The highest BCUT2D eigenvalue weighted by molar-refractivity contribution is 7.16. The number of fused-ring (bicyclic) bond motifs is 1. The van der Waals surface area contributed by atoms with E-state index in [-0.39, 0.29) is 12.5 Å². The second kappa shape index (κ2) is 8.59.